The number of hydrogen-bond acceptors (Lipinski definition) is 5. The number of para-hydroxylation sites is 1. The van der Waals surface area contributed by atoms with E-state index in [0.29, 0.717) is 5.75 Å². The van der Waals surface area contributed by atoms with Crippen LogP contribution in [0.4, 0.5) is 10.5 Å². The van der Waals surface area contributed by atoms with Gasteiger partial charge in [0.2, 0.25) is 0 Å². The Morgan fingerprint density at radius 1 is 0.862 bits per heavy atom. The average molecular weight is 431 g/mol. The maximum absolute atomic E-state index is 12.2. The van der Waals surface area contributed by atoms with E-state index in [-0.39, 0.29) is 21.2 Å². The molecule has 9 heteroatoms. The third-order valence-electron chi connectivity index (χ3n) is 3.68. The van der Waals surface area contributed by atoms with Gasteiger partial charge in [-0.15, -0.1) is 0 Å². The number of sulfonamides is 1. The van der Waals surface area contributed by atoms with E-state index >= 15 is 0 Å². The molecule has 0 aromatic heterocycles. The number of ether oxygens (including phenoxy) is 1. The lowest BCUT2D eigenvalue weighted by Gasteiger charge is -2.10. The Bertz CT molecular complexity index is 1140. The van der Waals surface area contributed by atoms with Crippen LogP contribution in [0, 0.1) is 0 Å². The summed E-state index contributed by atoms with van der Waals surface area (Å²) in [5.41, 5.74) is 0.297. The number of hydrogen-bond donors (Lipinski definition) is 2. The smallest absolute Gasteiger partial charge is 0.345 e. The summed E-state index contributed by atoms with van der Waals surface area (Å²) in [7, 11) is -4.02. The van der Waals surface area contributed by atoms with Crippen molar-refractivity contribution in [1.82, 2.24) is 4.72 Å². The van der Waals surface area contributed by atoms with Gasteiger partial charge in [0.25, 0.3) is 10.0 Å². The number of carbonyl (C=O) groups excluding carboxylic acids is 2. The van der Waals surface area contributed by atoms with Crippen LogP contribution in [0.5, 0.6) is 5.75 Å². The third kappa shape index (κ3) is 5.34. The van der Waals surface area contributed by atoms with Crippen LogP contribution in [-0.4, -0.2) is 20.4 Å². The molecule has 2 N–H and O–H groups in total. The van der Waals surface area contributed by atoms with Crippen molar-refractivity contribution < 1.29 is 22.7 Å². The number of halogens is 1. The van der Waals surface area contributed by atoms with E-state index < -0.39 is 22.0 Å². The predicted octanol–water partition coefficient (Wildman–Crippen LogP) is 4.07. The highest BCUT2D eigenvalue weighted by Crippen LogP contribution is 2.23. The summed E-state index contributed by atoms with van der Waals surface area (Å²) in [6.07, 6.45) is 0. The number of urea groups is 1. The van der Waals surface area contributed by atoms with Gasteiger partial charge >= 0.3 is 12.0 Å². The third-order valence-corrected chi connectivity index (χ3v) is 5.34. The van der Waals surface area contributed by atoms with E-state index in [9.17, 15) is 18.0 Å². The molecule has 0 bridgehead atoms. The molecule has 0 fully saturated rings. The molecule has 0 saturated carbocycles. The maximum Gasteiger partial charge on any atom is 0.345 e. The number of rotatable bonds is 5. The Morgan fingerprint density at radius 2 is 1.48 bits per heavy atom. The van der Waals surface area contributed by atoms with E-state index in [1.54, 1.807) is 48.5 Å². The van der Waals surface area contributed by atoms with Crippen LogP contribution in [0.15, 0.2) is 83.8 Å². The second-order valence-corrected chi connectivity index (χ2v) is 7.86. The van der Waals surface area contributed by atoms with Gasteiger partial charge in [-0.1, -0.05) is 48.0 Å². The first kappa shape index (κ1) is 20.4. The van der Waals surface area contributed by atoms with Crippen LogP contribution in [0.2, 0.25) is 5.02 Å². The molecule has 0 spiro atoms. The van der Waals surface area contributed by atoms with Crippen molar-refractivity contribution in [2.24, 2.45) is 0 Å². The molecular weight excluding hydrogens is 416 g/mol. The second-order valence-electron chi connectivity index (χ2n) is 5.77. The normalized spacial score (nSPS) is 10.8. The van der Waals surface area contributed by atoms with E-state index in [1.807, 2.05) is 4.72 Å². The van der Waals surface area contributed by atoms with Crippen molar-refractivity contribution in [1.29, 1.82) is 0 Å². The topological polar surface area (TPSA) is 102 Å². The monoisotopic (exact) mass is 430 g/mol. The molecule has 7 nitrogen and oxygen atoms in total. The second kappa shape index (κ2) is 8.76. The molecule has 2 amide bonds. The lowest BCUT2D eigenvalue weighted by atomic mass is 10.2. The minimum atomic E-state index is -4.02. The fraction of sp³-hybridized carbons (Fsp3) is 0. The van der Waals surface area contributed by atoms with Crippen molar-refractivity contribution >= 4 is 39.3 Å². The molecule has 0 aliphatic rings. The molecule has 0 radical (unpaired) electrons. The molecule has 0 aliphatic carbocycles. The molecular formula is C20H15ClN2O5S. The lowest BCUT2D eigenvalue weighted by Crippen LogP contribution is -2.34. The molecule has 0 unspecified atom stereocenters. The fourth-order valence-corrected chi connectivity index (χ4v) is 3.53. The molecule has 148 valence electrons. The maximum atomic E-state index is 12.2. The van der Waals surface area contributed by atoms with Crippen LogP contribution in [0.1, 0.15) is 10.4 Å². The van der Waals surface area contributed by atoms with Gasteiger partial charge in [-0.3, -0.25) is 0 Å². The predicted molar refractivity (Wildman–Crippen MR) is 109 cm³/mol. The zero-order valence-corrected chi connectivity index (χ0v) is 16.4. The van der Waals surface area contributed by atoms with Gasteiger partial charge in [-0.05, 0) is 42.5 Å². The largest absolute Gasteiger partial charge is 0.423 e. The number of esters is 1. The van der Waals surface area contributed by atoms with Crippen LogP contribution >= 0.6 is 11.6 Å². The van der Waals surface area contributed by atoms with Crippen LogP contribution in [0.3, 0.4) is 0 Å². The zero-order chi connectivity index (χ0) is 20.9. The highest BCUT2D eigenvalue weighted by atomic mass is 35.5. The van der Waals surface area contributed by atoms with E-state index in [4.69, 9.17) is 16.3 Å². The Balaban J connectivity index is 1.67. The van der Waals surface area contributed by atoms with Crippen LogP contribution in [0.25, 0.3) is 0 Å². The van der Waals surface area contributed by atoms with Crippen molar-refractivity contribution in [3.8, 4) is 5.75 Å². The quantitative estimate of drug-likeness (QED) is 0.469. The first-order valence-electron chi connectivity index (χ1n) is 8.31. The molecule has 29 heavy (non-hydrogen) atoms. The van der Waals surface area contributed by atoms with Gasteiger partial charge in [0.1, 0.15) is 5.75 Å². The van der Waals surface area contributed by atoms with Crippen molar-refractivity contribution in [2.75, 3.05) is 5.32 Å². The number of nitrogens with one attached hydrogen (secondary N) is 2. The molecule has 0 saturated heterocycles. The number of carbonyl (C=O) groups is 2. The van der Waals surface area contributed by atoms with Gasteiger partial charge in [0.05, 0.1) is 15.5 Å². The highest BCUT2D eigenvalue weighted by molar-refractivity contribution is 7.90. The number of amides is 2. The number of benzene rings is 3. The van der Waals surface area contributed by atoms with Crippen molar-refractivity contribution in [2.45, 2.75) is 4.90 Å². The SMILES string of the molecule is O=C(Nc1ccc(C(=O)Oc2ccccc2)c(Cl)c1)NS(=O)(=O)c1ccccc1. The highest BCUT2D eigenvalue weighted by Gasteiger charge is 2.18. The standard InChI is InChI=1S/C20H15ClN2O5S/c21-18-13-14(11-12-17(18)19(24)28-15-7-3-1-4-8-15)22-20(25)23-29(26,27)16-9-5-2-6-10-16/h1-13H,(H2,22,23,25). The minimum Gasteiger partial charge on any atom is -0.423 e. The number of anilines is 1. The molecule has 0 heterocycles. The van der Waals surface area contributed by atoms with Gasteiger partial charge in [-0.2, -0.15) is 0 Å². The molecule has 3 rings (SSSR count). The summed E-state index contributed by atoms with van der Waals surface area (Å²) >= 11 is 6.11. The van der Waals surface area contributed by atoms with Crippen molar-refractivity contribution in [3.05, 3.63) is 89.4 Å². The fourth-order valence-electron chi connectivity index (χ4n) is 2.35. The summed E-state index contributed by atoms with van der Waals surface area (Å²) in [6.45, 7) is 0. The molecule has 3 aromatic rings. The average Bonchev–Trinajstić information content (AvgIpc) is 2.69. The summed E-state index contributed by atoms with van der Waals surface area (Å²) in [4.78, 5) is 24.2. The molecule has 0 atom stereocenters. The van der Waals surface area contributed by atoms with Crippen LogP contribution in [-0.2, 0) is 10.0 Å². The first-order valence-corrected chi connectivity index (χ1v) is 10.2. The summed E-state index contributed by atoms with van der Waals surface area (Å²) in [5, 5.41) is 2.40. The van der Waals surface area contributed by atoms with Gasteiger partial charge in [0, 0.05) is 5.69 Å². The van der Waals surface area contributed by atoms with Gasteiger partial charge in [-0.25, -0.2) is 22.7 Å². The van der Waals surface area contributed by atoms with E-state index in [2.05, 4.69) is 5.32 Å². The van der Waals surface area contributed by atoms with Crippen LogP contribution < -0.4 is 14.8 Å². The van der Waals surface area contributed by atoms with E-state index in [0.717, 1.165) is 0 Å². The summed E-state index contributed by atoms with van der Waals surface area (Å²) < 4.78 is 31.4. The lowest BCUT2D eigenvalue weighted by molar-refractivity contribution is 0.0735. The van der Waals surface area contributed by atoms with Gasteiger partial charge < -0.3 is 10.1 Å². The minimum absolute atomic E-state index is 0.0367. The molecule has 3 aromatic carbocycles. The zero-order valence-electron chi connectivity index (χ0n) is 14.8. The Kier molecular flexibility index (Phi) is 6.16. The Labute approximate surface area is 172 Å². The van der Waals surface area contributed by atoms with Crippen molar-refractivity contribution in [3.63, 3.8) is 0 Å². The summed E-state index contributed by atoms with van der Waals surface area (Å²) in [6, 6.07) is 19.1. The summed E-state index contributed by atoms with van der Waals surface area (Å²) in [5.74, 6) is -0.301. The molecule has 0 aliphatic heterocycles. The van der Waals surface area contributed by atoms with Gasteiger partial charge in [0.15, 0.2) is 0 Å². The first-order chi connectivity index (χ1) is 13.8. The Hall–Kier alpha value is -3.36. The Morgan fingerprint density at radius 3 is 2.10 bits per heavy atom. The van der Waals surface area contributed by atoms with E-state index in [1.165, 1.54) is 30.3 Å².